The van der Waals surface area contributed by atoms with Crippen LogP contribution >= 0.6 is 11.8 Å². The number of nitrogens with zero attached hydrogens (tertiary/aromatic N) is 5. The van der Waals surface area contributed by atoms with Gasteiger partial charge in [-0.1, -0.05) is 50.3 Å². The molecule has 1 spiro atoms. The van der Waals surface area contributed by atoms with Gasteiger partial charge < -0.3 is 5.32 Å². The third-order valence-electron chi connectivity index (χ3n) is 5.82. The summed E-state index contributed by atoms with van der Waals surface area (Å²) in [5.74, 6) is -0.765. The molecule has 28 heavy (non-hydrogen) atoms. The Balaban J connectivity index is 1.33. The summed E-state index contributed by atoms with van der Waals surface area (Å²) < 4.78 is 1.79. The lowest BCUT2D eigenvalue weighted by Gasteiger charge is -2.30. The molecule has 1 aliphatic heterocycles. The van der Waals surface area contributed by atoms with Gasteiger partial charge in [-0.15, -0.1) is 5.10 Å². The van der Waals surface area contributed by atoms with Crippen LogP contribution in [0.2, 0.25) is 0 Å². The number of hydrogen-bond acceptors (Lipinski definition) is 7. The van der Waals surface area contributed by atoms with E-state index in [1.807, 2.05) is 0 Å². The highest BCUT2D eigenvalue weighted by molar-refractivity contribution is 7.99. The minimum Gasteiger partial charge on any atom is -0.322 e. The van der Waals surface area contributed by atoms with E-state index in [4.69, 9.17) is 0 Å². The molecule has 1 saturated heterocycles. The average Bonchev–Trinajstić information content (AvgIpc) is 3.27. The van der Waals surface area contributed by atoms with Crippen LogP contribution < -0.4 is 10.7 Å². The van der Waals surface area contributed by atoms with Crippen molar-refractivity contribution in [1.82, 2.24) is 36.0 Å². The highest BCUT2D eigenvalue weighted by Gasteiger charge is 2.52. The molecule has 0 atom stereocenters. The Kier molecular flexibility index (Phi) is 5.51. The van der Waals surface area contributed by atoms with E-state index in [2.05, 4.69) is 26.3 Å². The molecule has 0 unspecified atom stereocenters. The minimum atomic E-state index is -0.846. The molecular formula is C17H25N7O3S. The fourth-order valence-corrected chi connectivity index (χ4v) is 5.08. The molecule has 4 amide bonds. The van der Waals surface area contributed by atoms with Crippen molar-refractivity contribution in [3.05, 3.63) is 0 Å². The number of urea groups is 1. The van der Waals surface area contributed by atoms with Gasteiger partial charge in [0.2, 0.25) is 11.1 Å². The smallest absolute Gasteiger partial charge is 0.322 e. The van der Waals surface area contributed by atoms with Gasteiger partial charge in [0.05, 0.1) is 11.8 Å². The van der Waals surface area contributed by atoms with E-state index < -0.39 is 17.5 Å². The molecule has 0 radical (unpaired) electrons. The van der Waals surface area contributed by atoms with Crippen molar-refractivity contribution in [2.75, 3.05) is 5.75 Å². The molecule has 2 heterocycles. The molecule has 4 rings (SSSR count). The fraction of sp³-hybridized carbons (Fsp3) is 0.765. The predicted molar refractivity (Wildman–Crippen MR) is 100.0 cm³/mol. The van der Waals surface area contributed by atoms with Gasteiger partial charge in [0.25, 0.3) is 5.91 Å². The molecule has 10 nitrogen and oxygen atoms in total. The average molecular weight is 408 g/mol. The molecule has 2 aliphatic carbocycles. The van der Waals surface area contributed by atoms with Gasteiger partial charge in [0.15, 0.2) is 0 Å². The summed E-state index contributed by atoms with van der Waals surface area (Å²) in [5.41, 5.74) is 1.60. The van der Waals surface area contributed by atoms with E-state index in [0.29, 0.717) is 18.0 Å². The van der Waals surface area contributed by atoms with Crippen molar-refractivity contribution in [2.24, 2.45) is 0 Å². The Bertz CT molecular complexity index is 756. The van der Waals surface area contributed by atoms with Crippen molar-refractivity contribution in [2.45, 2.75) is 80.9 Å². The van der Waals surface area contributed by atoms with Gasteiger partial charge in [0.1, 0.15) is 5.54 Å². The van der Waals surface area contributed by atoms with Crippen LogP contribution in [0.4, 0.5) is 4.79 Å². The second-order valence-electron chi connectivity index (χ2n) is 7.74. The summed E-state index contributed by atoms with van der Waals surface area (Å²) in [7, 11) is 0. The number of rotatable bonds is 5. The largest absolute Gasteiger partial charge is 0.344 e. The monoisotopic (exact) mass is 407 g/mol. The first-order valence-corrected chi connectivity index (χ1v) is 10.9. The van der Waals surface area contributed by atoms with Crippen LogP contribution in [0.5, 0.6) is 0 Å². The van der Waals surface area contributed by atoms with Crippen LogP contribution in [-0.2, 0) is 9.59 Å². The van der Waals surface area contributed by atoms with Crippen molar-refractivity contribution in [1.29, 1.82) is 0 Å². The summed E-state index contributed by atoms with van der Waals surface area (Å²) in [6, 6.07) is -0.288. The van der Waals surface area contributed by atoms with Crippen LogP contribution in [0.1, 0.15) is 70.3 Å². The van der Waals surface area contributed by atoms with Gasteiger partial charge in [0, 0.05) is 0 Å². The summed E-state index contributed by atoms with van der Waals surface area (Å²) in [6.07, 6.45) is 9.71. The van der Waals surface area contributed by atoms with E-state index in [1.54, 1.807) is 4.68 Å². The van der Waals surface area contributed by atoms with E-state index in [-0.39, 0.29) is 17.7 Å². The molecular weight excluding hydrogens is 382 g/mol. The van der Waals surface area contributed by atoms with E-state index >= 15 is 0 Å². The molecule has 3 fully saturated rings. The second kappa shape index (κ2) is 8.06. The van der Waals surface area contributed by atoms with Gasteiger partial charge in [-0.3, -0.25) is 15.0 Å². The first-order chi connectivity index (χ1) is 13.6. The molecule has 0 bridgehead atoms. The number of carbonyl (C=O) groups is 3. The lowest BCUT2D eigenvalue weighted by molar-refractivity contribution is -0.139. The maximum atomic E-state index is 12.7. The Labute approximate surface area is 167 Å². The number of hydrazine groups is 1. The molecule has 11 heteroatoms. The second-order valence-corrected chi connectivity index (χ2v) is 8.68. The van der Waals surface area contributed by atoms with Crippen LogP contribution in [0.25, 0.3) is 0 Å². The first kappa shape index (κ1) is 19.2. The Hall–Kier alpha value is -2.17. The topological polar surface area (TPSA) is 122 Å². The highest BCUT2D eigenvalue weighted by atomic mass is 32.2. The molecule has 152 valence electrons. The van der Waals surface area contributed by atoms with Crippen molar-refractivity contribution >= 4 is 29.6 Å². The standard InChI is InChI=1S/C17H25N7O3S/c25-13(11-28-16-19-21-22-23(16)12-7-3-1-4-8-12)20-24-14(26)17(18-15(24)27)9-5-2-6-10-17/h12H,1-11H2,(H,18,27)(H,20,25). The van der Waals surface area contributed by atoms with Crippen LogP contribution in [-0.4, -0.2) is 54.4 Å². The number of amides is 4. The number of imide groups is 1. The molecule has 2 saturated carbocycles. The Morgan fingerprint density at radius 3 is 2.61 bits per heavy atom. The Morgan fingerprint density at radius 2 is 1.86 bits per heavy atom. The molecule has 1 aromatic heterocycles. The zero-order valence-electron chi connectivity index (χ0n) is 15.7. The lowest BCUT2D eigenvalue weighted by Crippen LogP contribution is -2.51. The number of carbonyl (C=O) groups excluding carboxylic acids is 3. The van der Waals surface area contributed by atoms with E-state index in [1.165, 1.54) is 18.2 Å². The van der Waals surface area contributed by atoms with Gasteiger partial charge in [-0.2, -0.15) is 5.01 Å². The number of nitrogens with one attached hydrogen (secondary N) is 2. The fourth-order valence-electron chi connectivity index (χ4n) is 4.34. The minimum absolute atomic E-state index is 0.0250. The number of tetrazole rings is 1. The number of hydrogen-bond donors (Lipinski definition) is 2. The molecule has 3 aliphatic rings. The Morgan fingerprint density at radius 1 is 1.14 bits per heavy atom. The third-order valence-corrected chi connectivity index (χ3v) is 6.75. The number of thioether (sulfide) groups is 1. The van der Waals surface area contributed by atoms with E-state index in [9.17, 15) is 14.4 Å². The summed E-state index contributed by atoms with van der Waals surface area (Å²) >= 11 is 1.21. The summed E-state index contributed by atoms with van der Waals surface area (Å²) in [6.45, 7) is 0. The first-order valence-electron chi connectivity index (χ1n) is 9.96. The molecule has 0 aromatic carbocycles. The van der Waals surface area contributed by atoms with Crippen molar-refractivity contribution in [3.63, 3.8) is 0 Å². The SMILES string of the molecule is O=C(CSc1nnnn1C1CCCCC1)NN1C(=O)NC2(CCCCC2)C1=O. The molecule has 1 aromatic rings. The third kappa shape index (κ3) is 3.71. The molecule has 2 N–H and O–H groups in total. The van der Waals surface area contributed by atoms with Crippen molar-refractivity contribution < 1.29 is 14.4 Å². The van der Waals surface area contributed by atoms with Crippen LogP contribution in [0, 0.1) is 0 Å². The van der Waals surface area contributed by atoms with Crippen LogP contribution in [0.15, 0.2) is 5.16 Å². The summed E-state index contributed by atoms with van der Waals surface area (Å²) in [4.78, 5) is 37.3. The maximum absolute atomic E-state index is 12.7. The zero-order valence-corrected chi connectivity index (χ0v) is 16.5. The zero-order chi connectivity index (χ0) is 19.6. The lowest BCUT2D eigenvalue weighted by atomic mass is 9.82. The van der Waals surface area contributed by atoms with Crippen LogP contribution in [0.3, 0.4) is 0 Å². The maximum Gasteiger partial charge on any atom is 0.344 e. The normalized spacial score (nSPS) is 22.5. The predicted octanol–water partition coefficient (Wildman–Crippen LogP) is 1.56. The van der Waals surface area contributed by atoms with Gasteiger partial charge in [-0.05, 0) is 36.1 Å². The quantitative estimate of drug-likeness (QED) is 0.561. The van der Waals surface area contributed by atoms with Gasteiger partial charge >= 0.3 is 6.03 Å². The van der Waals surface area contributed by atoms with E-state index in [0.717, 1.165) is 50.0 Å². The summed E-state index contributed by atoms with van der Waals surface area (Å²) in [5, 5.41) is 16.0. The van der Waals surface area contributed by atoms with Gasteiger partial charge in [-0.25, -0.2) is 9.48 Å². The van der Waals surface area contributed by atoms with Crippen molar-refractivity contribution in [3.8, 4) is 0 Å². The highest BCUT2D eigenvalue weighted by Crippen LogP contribution is 2.33. The number of aromatic nitrogens is 4.